The Morgan fingerprint density at radius 2 is 1.64 bits per heavy atom. The maximum atomic E-state index is 13.9. The van der Waals surface area contributed by atoms with Gasteiger partial charge in [0.1, 0.15) is 11.6 Å². The molecular weight excluding hydrogens is 552 g/mol. The molecule has 0 spiro atoms. The van der Waals surface area contributed by atoms with E-state index in [1.807, 2.05) is 12.1 Å². The highest BCUT2D eigenvalue weighted by Crippen LogP contribution is 2.40. The number of aromatic hydroxyl groups is 1. The van der Waals surface area contributed by atoms with Gasteiger partial charge in [-0.2, -0.15) is 0 Å². The molecule has 6 heteroatoms. The fourth-order valence-electron chi connectivity index (χ4n) is 5.56. The van der Waals surface area contributed by atoms with E-state index in [0.717, 1.165) is 42.8 Å². The van der Waals surface area contributed by atoms with Crippen LogP contribution in [0.3, 0.4) is 0 Å². The van der Waals surface area contributed by atoms with Gasteiger partial charge in [0.2, 0.25) is 0 Å². The van der Waals surface area contributed by atoms with Gasteiger partial charge in [-0.3, -0.25) is 9.79 Å². The molecule has 1 aliphatic rings. The minimum atomic E-state index is -0.284. The second-order valence-electron chi connectivity index (χ2n) is 12.8. The summed E-state index contributed by atoms with van der Waals surface area (Å²) in [6.45, 7) is 17.0. The fourth-order valence-corrected chi connectivity index (χ4v) is 5.56. The second-order valence-corrected chi connectivity index (χ2v) is 12.8. The minimum Gasteiger partial charge on any atom is -0.507 e. The lowest BCUT2D eigenvalue weighted by atomic mass is 9.78. The number of phenolic OH excluding ortho intramolecular Hbond substituents is 1. The summed E-state index contributed by atoms with van der Waals surface area (Å²) in [6, 6.07) is 14.4. The first kappa shape index (κ1) is 33.0. The molecule has 5 nitrogen and oxygen atoms in total. The third kappa shape index (κ3) is 8.40. The topological polar surface area (TPSA) is 62.1 Å². The summed E-state index contributed by atoms with van der Waals surface area (Å²) >= 11 is 0. The highest BCUT2D eigenvalue weighted by atomic mass is 79.9. The number of hydrogen-bond acceptors (Lipinski definition) is 4. The lowest BCUT2D eigenvalue weighted by Crippen LogP contribution is -2.34. The molecule has 1 heterocycles. The number of nitrogens with zero attached hydrogens (tertiary/aromatic N) is 2. The first-order chi connectivity index (χ1) is 17.9. The van der Waals surface area contributed by atoms with E-state index in [2.05, 4.69) is 83.7 Å². The van der Waals surface area contributed by atoms with Crippen LogP contribution in [0.1, 0.15) is 88.4 Å². The number of ketones is 1. The van der Waals surface area contributed by atoms with Crippen molar-refractivity contribution in [1.29, 1.82) is 0 Å². The number of carbonyl (C=O) groups excluding carboxylic acids is 1. The molecule has 0 saturated carbocycles. The number of carbonyl (C=O) groups is 1. The van der Waals surface area contributed by atoms with Crippen molar-refractivity contribution in [3.8, 4) is 5.75 Å². The predicted octanol–water partition coefficient (Wildman–Crippen LogP) is 7.38. The van der Waals surface area contributed by atoms with Crippen LogP contribution in [0, 0.1) is 11.8 Å². The number of Topliss-reactive ketones (excluding diaryl/α,β-unsaturated/α-hetero) is 1. The van der Waals surface area contributed by atoms with E-state index >= 15 is 0 Å². The van der Waals surface area contributed by atoms with Crippen LogP contribution in [-0.2, 0) is 22.0 Å². The van der Waals surface area contributed by atoms with E-state index in [4.69, 9.17) is 9.73 Å². The van der Waals surface area contributed by atoms with E-state index in [-0.39, 0.29) is 46.1 Å². The first-order valence-electron chi connectivity index (χ1n) is 14.1. The normalized spacial score (nSPS) is 18.9. The van der Waals surface area contributed by atoms with Crippen LogP contribution >= 0.6 is 17.0 Å². The molecule has 0 aromatic heterocycles. The van der Waals surface area contributed by atoms with Gasteiger partial charge in [-0.25, -0.2) is 0 Å². The molecule has 1 N–H and O–H groups in total. The number of hydrogen-bond donors (Lipinski definition) is 1. The molecule has 1 saturated heterocycles. The maximum absolute atomic E-state index is 13.9. The Morgan fingerprint density at radius 1 is 1.05 bits per heavy atom. The number of amidine groups is 1. The van der Waals surface area contributed by atoms with Gasteiger partial charge in [0.05, 0.1) is 19.7 Å². The van der Waals surface area contributed by atoms with Gasteiger partial charge in [-0.15, -0.1) is 17.0 Å². The van der Waals surface area contributed by atoms with Crippen molar-refractivity contribution >= 4 is 28.6 Å². The van der Waals surface area contributed by atoms with Gasteiger partial charge in [0.15, 0.2) is 5.78 Å². The number of aliphatic imine (C=N–C) groups is 1. The average molecular weight is 602 g/mol. The summed E-state index contributed by atoms with van der Waals surface area (Å²) in [5.74, 6) is 2.12. The molecule has 39 heavy (non-hydrogen) atoms. The highest BCUT2D eigenvalue weighted by molar-refractivity contribution is 8.93. The lowest BCUT2D eigenvalue weighted by Gasteiger charge is -2.28. The smallest absolute Gasteiger partial charge is 0.182 e. The van der Waals surface area contributed by atoms with Crippen LogP contribution in [0.4, 0.5) is 0 Å². The molecule has 1 aliphatic heterocycles. The molecular formula is C33H49BrN2O3. The number of methoxy groups -OCH3 is 1. The fraction of sp³-hybridized carbons (Fsp3) is 0.576. The van der Waals surface area contributed by atoms with Crippen molar-refractivity contribution in [3.05, 3.63) is 64.7 Å². The quantitative estimate of drug-likeness (QED) is 0.228. The second kappa shape index (κ2) is 13.9. The largest absolute Gasteiger partial charge is 0.507 e. The number of rotatable bonds is 10. The summed E-state index contributed by atoms with van der Waals surface area (Å²) < 4.78 is 5.30. The van der Waals surface area contributed by atoms with Gasteiger partial charge in [-0.1, -0.05) is 85.2 Å². The van der Waals surface area contributed by atoms with Crippen molar-refractivity contribution in [2.75, 3.05) is 33.4 Å². The van der Waals surface area contributed by atoms with Gasteiger partial charge < -0.3 is 14.7 Å². The van der Waals surface area contributed by atoms with E-state index in [1.54, 1.807) is 7.11 Å². The van der Waals surface area contributed by atoms with Crippen LogP contribution in [0.5, 0.6) is 5.75 Å². The van der Waals surface area contributed by atoms with Gasteiger partial charge >= 0.3 is 0 Å². The molecule has 216 valence electrons. The summed E-state index contributed by atoms with van der Waals surface area (Å²) in [7, 11) is 1.70. The van der Waals surface area contributed by atoms with Crippen molar-refractivity contribution in [3.63, 3.8) is 0 Å². The van der Waals surface area contributed by atoms with E-state index in [0.29, 0.717) is 30.4 Å². The number of likely N-dealkylation sites (tertiary alicyclic amines) is 1. The predicted molar refractivity (Wildman–Crippen MR) is 168 cm³/mol. The molecule has 0 amide bonds. The third-order valence-electron chi connectivity index (χ3n) is 7.59. The summed E-state index contributed by atoms with van der Waals surface area (Å²) in [5, 5.41) is 11.1. The number of phenols is 1. The summed E-state index contributed by atoms with van der Waals surface area (Å²) in [6.07, 6.45) is 3.13. The Hall–Kier alpha value is -2.18. The zero-order chi connectivity index (χ0) is 28.1. The molecule has 3 rings (SSSR count). The van der Waals surface area contributed by atoms with Crippen molar-refractivity contribution in [1.82, 2.24) is 4.90 Å². The monoisotopic (exact) mass is 600 g/mol. The zero-order valence-corrected chi connectivity index (χ0v) is 26.9. The first-order valence-corrected chi connectivity index (χ1v) is 14.1. The Labute approximate surface area is 246 Å². The highest BCUT2D eigenvalue weighted by Gasteiger charge is 2.39. The Bertz CT molecular complexity index is 1080. The van der Waals surface area contributed by atoms with Crippen LogP contribution in [0.25, 0.3) is 0 Å². The van der Waals surface area contributed by atoms with Gasteiger partial charge in [-0.05, 0) is 47.3 Å². The molecule has 0 unspecified atom stereocenters. The van der Waals surface area contributed by atoms with Gasteiger partial charge in [0.25, 0.3) is 0 Å². The van der Waals surface area contributed by atoms with Crippen molar-refractivity contribution in [2.45, 2.75) is 78.6 Å². The maximum Gasteiger partial charge on any atom is 0.182 e. The summed E-state index contributed by atoms with van der Waals surface area (Å²) in [5.41, 5.74) is 3.02. The summed E-state index contributed by atoms with van der Waals surface area (Å²) in [4.78, 5) is 21.1. The minimum absolute atomic E-state index is 0. The van der Waals surface area contributed by atoms with Gasteiger partial charge in [0, 0.05) is 36.3 Å². The molecule has 2 aromatic carbocycles. The Balaban J connectivity index is 0.00000533. The number of halogens is 1. The lowest BCUT2D eigenvalue weighted by molar-refractivity contribution is 0.0963. The molecule has 2 atom stereocenters. The van der Waals surface area contributed by atoms with Crippen LogP contribution in [0.2, 0.25) is 0 Å². The molecule has 0 radical (unpaired) electrons. The zero-order valence-electron chi connectivity index (χ0n) is 25.2. The average Bonchev–Trinajstić information content (AvgIpc) is 3.14. The Kier molecular flexibility index (Phi) is 11.8. The number of benzene rings is 2. The van der Waals surface area contributed by atoms with Crippen molar-refractivity contribution < 1.29 is 14.6 Å². The van der Waals surface area contributed by atoms with E-state index in [9.17, 15) is 9.90 Å². The van der Waals surface area contributed by atoms with Crippen molar-refractivity contribution in [2.24, 2.45) is 16.8 Å². The van der Waals surface area contributed by atoms with Crippen LogP contribution in [-0.4, -0.2) is 55.0 Å². The molecule has 0 aliphatic carbocycles. The third-order valence-corrected chi connectivity index (χ3v) is 7.59. The Morgan fingerprint density at radius 3 is 2.15 bits per heavy atom. The van der Waals surface area contributed by atoms with Crippen LogP contribution < -0.4 is 0 Å². The molecule has 1 fully saturated rings. The standard InChI is InChI=1S/C33H48N2O3.BrH/c1-9-13-24-21-35(31(34-16-17-38-8)26(24)18-23-14-11-10-12-15-23)22-29(36)25-19-27(32(2,3)4)30(37)28(20-25)33(5,6)7;/h10-12,14-15,19-20,24,26,37H,9,13,16-18,21-22H2,1-8H3;1H/t24-,26+;/m0./s1. The SMILES string of the molecule is Br.CCC[C@H]1CN(CC(=O)c2cc(C(C)(C)C)c(O)c(C(C)(C)C)c2)C(=NCCOC)[C@@H]1Cc1ccccc1. The molecule has 2 aromatic rings. The van der Waals surface area contributed by atoms with E-state index < -0.39 is 0 Å². The molecule has 0 bridgehead atoms. The van der Waals surface area contributed by atoms with Crippen LogP contribution in [0.15, 0.2) is 47.5 Å². The number of ether oxygens (including phenoxy) is 1. The van der Waals surface area contributed by atoms with E-state index in [1.165, 1.54) is 5.56 Å².